The van der Waals surface area contributed by atoms with Gasteiger partial charge in [-0.2, -0.15) is 0 Å². The molecule has 1 aromatic carbocycles. The highest BCUT2D eigenvalue weighted by Crippen LogP contribution is 2.19. The zero-order valence-electron chi connectivity index (χ0n) is 19.1. The smallest absolute Gasteiger partial charge is 0.303 e. The molecule has 1 aromatic rings. The number of rotatable bonds is 7. The number of ether oxygens (including phenoxy) is 1. The van der Waals surface area contributed by atoms with E-state index in [0.29, 0.717) is 6.42 Å². The summed E-state index contributed by atoms with van der Waals surface area (Å²) in [6.07, 6.45) is 0.560. The van der Waals surface area contributed by atoms with Gasteiger partial charge in [0.1, 0.15) is 11.4 Å². The number of hydrogen-bond acceptors (Lipinski definition) is 4. The Labute approximate surface area is 175 Å². The lowest BCUT2D eigenvalue weighted by atomic mass is 10.1. The van der Waals surface area contributed by atoms with Crippen molar-refractivity contribution in [1.82, 2.24) is 5.32 Å². The van der Waals surface area contributed by atoms with Gasteiger partial charge in [0.2, 0.25) is 5.91 Å². The fourth-order valence-corrected chi connectivity index (χ4v) is 2.02. The van der Waals surface area contributed by atoms with Crippen molar-refractivity contribution < 1.29 is 29.3 Å². The maximum absolute atomic E-state index is 11.6. The number of hydrogen-bond donors (Lipinski definition) is 3. The predicted octanol–water partition coefficient (Wildman–Crippen LogP) is 4.53. The van der Waals surface area contributed by atoms with E-state index in [9.17, 15) is 9.59 Å². The summed E-state index contributed by atoms with van der Waals surface area (Å²) >= 11 is 0. The van der Waals surface area contributed by atoms with E-state index in [1.54, 1.807) is 0 Å². The molecule has 0 saturated carbocycles. The fourth-order valence-electron chi connectivity index (χ4n) is 2.02. The van der Waals surface area contributed by atoms with Gasteiger partial charge in [-0.1, -0.05) is 39.8 Å². The van der Waals surface area contributed by atoms with E-state index in [2.05, 4.69) is 5.32 Å². The lowest BCUT2D eigenvalue weighted by Gasteiger charge is -2.21. The zero-order chi connectivity index (χ0) is 23.5. The third-order valence-electron chi connectivity index (χ3n) is 2.86. The first kappa shape index (κ1) is 31.1. The van der Waals surface area contributed by atoms with E-state index >= 15 is 0 Å². The van der Waals surface area contributed by atoms with Crippen LogP contribution in [0.1, 0.15) is 73.8 Å². The summed E-state index contributed by atoms with van der Waals surface area (Å²) in [6.45, 7) is 15.6. The minimum absolute atomic E-state index is 0.0119. The average molecular weight is 414 g/mol. The summed E-state index contributed by atoms with van der Waals surface area (Å²) in [5, 5.41) is 18.2. The fraction of sp³-hybridized carbons (Fsp3) is 0.591. The van der Waals surface area contributed by atoms with Gasteiger partial charge in [0.15, 0.2) is 0 Å². The number of amides is 1. The van der Waals surface area contributed by atoms with Crippen LogP contribution in [-0.2, 0) is 20.8 Å². The van der Waals surface area contributed by atoms with Crippen molar-refractivity contribution in [2.75, 3.05) is 0 Å². The molecule has 0 saturated heterocycles. The summed E-state index contributed by atoms with van der Waals surface area (Å²) in [6, 6.07) is 7.73. The van der Waals surface area contributed by atoms with Gasteiger partial charge in [0, 0.05) is 12.5 Å². The van der Waals surface area contributed by atoms with Gasteiger partial charge < -0.3 is 20.3 Å². The Bertz CT molecular complexity index is 549. The second-order valence-electron chi connectivity index (χ2n) is 6.53. The molecule has 0 fully saturated rings. The molecule has 0 aliphatic carbocycles. The highest BCUT2D eigenvalue weighted by Gasteiger charge is 2.12. The van der Waals surface area contributed by atoms with Crippen molar-refractivity contribution in [1.29, 1.82) is 0 Å². The largest absolute Gasteiger partial charge is 0.488 e. The van der Waals surface area contributed by atoms with Crippen LogP contribution in [0.25, 0.3) is 0 Å². The van der Waals surface area contributed by atoms with Gasteiger partial charge >= 0.3 is 5.97 Å². The molecule has 0 aromatic heterocycles. The van der Waals surface area contributed by atoms with Crippen molar-refractivity contribution >= 4 is 18.3 Å². The Morgan fingerprint density at radius 2 is 1.52 bits per heavy atom. The Morgan fingerprint density at radius 3 is 1.90 bits per heavy atom. The number of carbonyl (C=O) groups is 3. The van der Waals surface area contributed by atoms with Gasteiger partial charge in [0.05, 0.1) is 6.42 Å². The van der Waals surface area contributed by atoms with E-state index in [-0.39, 0.29) is 36.9 Å². The minimum Gasteiger partial charge on any atom is -0.488 e. The second-order valence-corrected chi connectivity index (χ2v) is 6.53. The standard InChI is InChI=1S/C17H25NO4.2C2H6.CH2O2/c1-12(18-15(19)9-10-16(20)21)11-13-5-7-14(8-6-13)22-17(2,3)4;2*1-2;2-1-3/h5-8,12H,9-11H2,1-4H3,(H,18,19)(H,20,21);2*1-2H3;1H,(H,2,3). The van der Waals surface area contributed by atoms with E-state index in [4.69, 9.17) is 19.7 Å². The third-order valence-corrected chi connectivity index (χ3v) is 2.86. The number of nitrogens with one attached hydrogen (secondary N) is 1. The highest BCUT2D eigenvalue weighted by atomic mass is 16.5. The summed E-state index contributed by atoms with van der Waals surface area (Å²) in [7, 11) is 0. The summed E-state index contributed by atoms with van der Waals surface area (Å²) in [4.78, 5) is 30.3. The molecule has 29 heavy (non-hydrogen) atoms. The van der Waals surface area contributed by atoms with Gasteiger partial charge in [-0.25, -0.2) is 0 Å². The van der Waals surface area contributed by atoms with Gasteiger partial charge in [-0.3, -0.25) is 14.4 Å². The van der Waals surface area contributed by atoms with Crippen LogP contribution in [-0.4, -0.2) is 40.2 Å². The molecule has 0 radical (unpaired) electrons. The van der Waals surface area contributed by atoms with E-state index in [1.165, 1.54) is 0 Å². The first-order valence-corrected chi connectivity index (χ1v) is 9.94. The Hall–Kier alpha value is -2.57. The molecule has 7 heteroatoms. The van der Waals surface area contributed by atoms with Crippen LogP contribution in [0.15, 0.2) is 24.3 Å². The summed E-state index contributed by atoms with van der Waals surface area (Å²) in [5.74, 6) is -0.380. The van der Waals surface area contributed by atoms with Crippen LogP contribution in [0.5, 0.6) is 5.75 Å². The number of carbonyl (C=O) groups excluding carboxylic acids is 1. The molecule has 0 spiro atoms. The number of benzene rings is 1. The lowest BCUT2D eigenvalue weighted by molar-refractivity contribution is -0.138. The molecule has 3 N–H and O–H groups in total. The third kappa shape index (κ3) is 21.6. The zero-order valence-corrected chi connectivity index (χ0v) is 19.1. The minimum atomic E-state index is -0.961. The topological polar surface area (TPSA) is 113 Å². The maximum atomic E-state index is 11.6. The maximum Gasteiger partial charge on any atom is 0.303 e. The second kappa shape index (κ2) is 18.8. The van der Waals surface area contributed by atoms with Crippen molar-refractivity contribution in [3.63, 3.8) is 0 Å². The monoisotopic (exact) mass is 413 g/mol. The Morgan fingerprint density at radius 1 is 1.07 bits per heavy atom. The first-order valence-electron chi connectivity index (χ1n) is 9.94. The van der Waals surface area contributed by atoms with Crippen molar-refractivity contribution in [2.24, 2.45) is 0 Å². The van der Waals surface area contributed by atoms with Gasteiger partial charge in [-0.15, -0.1) is 0 Å². The van der Waals surface area contributed by atoms with Crippen LogP contribution in [0, 0.1) is 0 Å². The van der Waals surface area contributed by atoms with Crippen molar-refractivity contribution in [2.45, 2.75) is 86.3 Å². The van der Waals surface area contributed by atoms with Crippen LogP contribution in [0.4, 0.5) is 0 Å². The average Bonchev–Trinajstić information content (AvgIpc) is 2.64. The summed E-state index contributed by atoms with van der Waals surface area (Å²) < 4.78 is 5.76. The number of carboxylic acid groups (broad SMARTS) is 2. The highest BCUT2D eigenvalue weighted by molar-refractivity contribution is 5.80. The predicted molar refractivity (Wildman–Crippen MR) is 116 cm³/mol. The lowest BCUT2D eigenvalue weighted by Crippen LogP contribution is -2.34. The molecule has 0 heterocycles. The van der Waals surface area contributed by atoms with Crippen LogP contribution >= 0.6 is 0 Å². The molecule has 1 amide bonds. The van der Waals surface area contributed by atoms with E-state index in [0.717, 1.165) is 11.3 Å². The Kier molecular flexibility index (Phi) is 20.2. The molecular formula is C22H39NO6. The molecule has 0 aliphatic heterocycles. The molecule has 1 unspecified atom stereocenters. The Balaban J connectivity index is -0.000000856. The van der Waals surface area contributed by atoms with Gasteiger partial charge in [-0.05, 0) is 51.8 Å². The quantitative estimate of drug-likeness (QED) is 0.566. The van der Waals surface area contributed by atoms with E-state index in [1.807, 2.05) is 79.7 Å². The van der Waals surface area contributed by atoms with Crippen molar-refractivity contribution in [3.05, 3.63) is 29.8 Å². The number of carboxylic acids is 1. The molecule has 0 aliphatic rings. The normalized spacial score (nSPS) is 10.3. The number of aliphatic carboxylic acids is 1. The SMILES string of the molecule is CC.CC.CC(Cc1ccc(OC(C)(C)C)cc1)NC(=O)CCC(=O)O.O=CO. The van der Waals surface area contributed by atoms with Crippen LogP contribution in [0.2, 0.25) is 0 Å². The van der Waals surface area contributed by atoms with Crippen molar-refractivity contribution in [3.8, 4) is 5.75 Å². The van der Waals surface area contributed by atoms with Gasteiger partial charge in [0.25, 0.3) is 6.47 Å². The van der Waals surface area contributed by atoms with Crippen LogP contribution in [0.3, 0.4) is 0 Å². The molecule has 1 rings (SSSR count). The molecule has 1 atom stereocenters. The first-order chi connectivity index (χ1) is 13.6. The molecule has 0 bridgehead atoms. The molecular weight excluding hydrogens is 374 g/mol. The van der Waals surface area contributed by atoms with Crippen LogP contribution < -0.4 is 10.1 Å². The molecule has 7 nitrogen and oxygen atoms in total. The summed E-state index contributed by atoms with van der Waals surface area (Å²) in [5.41, 5.74) is 0.861. The van der Waals surface area contributed by atoms with E-state index < -0.39 is 5.97 Å². The molecule has 168 valence electrons.